The van der Waals surface area contributed by atoms with Gasteiger partial charge >= 0.3 is 85.8 Å². The van der Waals surface area contributed by atoms with Crippen molar-refractivity contribution in [3.8, 4) is 0 Å². The fourth-order valence-corrected chi connectivity index (χ4v) is 3.01. The second kappa shape index (κ2) is 7.01. The molecule has 0 amide bonds. The molecule has 0 aromatic rings. The second-order valence-corrected chi connectivity index (χ2v) is 6.14. The average molecular weight is 230 g/mol. The third-order valence-electron chi connectivity index (χ3n) is 2.90. The molecule has 1 saturated carbocycles. The van der Waals surface area contributed by atoms with Gasteiger partial charge in [-0.15, -0.1) is 0 Å². The molecule has 1 heteroatoms. The molecule has 0 saturated heterocycles. The molecule has 0 N–H and O–H groups in total. The molecule has 0 heterocycles. The number of rotatable bonds is 0. The van der Waals surface area contributed by atoms with Gasteiger partial charge in [-0.3, -0.25) is 0 Å². The zero-order chi connectivity index (χ0) is 8.65. The summed E-state index contributed by atoms with van der Waals surface area (Å²) in [5.74, 6) is 0. The molecule has 72 valence electrons. The van der Waals surface area contributed by atoms with Crippen LogP contribution in [0.25, 0.3) is 0 Å². The van der Waals surface area contributed by atoms with Crippen molar-refractivity contribution in [1.29, 1.82) is 0 Å². The Morgan fingerprint density at radius 2 is 0.917 bits per heavy atom. The van der Waals surface area contributed by atoms with Crippen molar-refractivity contribution in [2.24, 2.45) is 0 Å². The third-order valence-corrected chi connectivity index (χ3v) is 4.30. The molecule has 0 aromatic carbocycles. The SMILES string of the molecule is [AsH2]C1CCCCCCCCCC1. The molecule has 1 unspecified atom stereocenters. The van der Waals surface area contributed by atoms with Crippen LogP contribution < -0.4 is 0 Å². The van der Waals surface area contributed by atoms with E-state index in [1.165, 1.54) is 64.2 Å². The van der Waals surface area contributed by atoms with Crippen LogP contribution in [0.1, 0.15) is 64.2 Å². The number of hydrogen-bond donors (Lipinski definition) is 0. The molecular formula is C11H23As. The van der Waals surface area contributed by atoms with Gasteiger partial charge in [-0.05, 0) is 0 Å². The minimum absolute atomic E-state index is 1.07. The molecule has 1 atom stereocenters. The molecule has 0 bridgehead atoms. The van der Waals surface area contributed by atoms with Gasteiger partial charge in [0, 0.05) is 0 Å². The monoisotopic (exact) mass is 230 g/mol. The summed E-state index contributed by atoms with van der Waals surface area (Å²) < 4.78 is 1.07. The zero-order valence-corrected chi connectivity index (χ0v) is 10.6. The Labute approximate surface area is 86.0 Å². The standard InChI is InChI=1S/C11H23As/c12-11-9-7-5-3-1-2-4-6-8-10-11/h11H,1-10,12H2. The topological polar surface area (TPSA) is 0 Å². The van der Waals surface area contributed by atoms with Crippen molar-refractivity contribution in [2.45, 2.75) is 68.9 Å². The van der Waals surface area contributed by atoms with Crippen molar-refractivity contribution in [3.05, 3.63) is 0 Å². The predicted molar refractivity (Wildman–Crippen MR) is 58.5 cm³/mol. The van der Waals surface area contributed by atoms with E-state index in [1.54, 1.807) is 0 Å². The van der Waals surface area contributed by atoms with E-state index < -0.39 is 0 Å². The first kappa shape index (κ1) is 10.6. The van der Waals surface area contributed by atoms with Crippen LogP contribution in [0.3, 0.4) is 0 Å². The molecular weight excluding hydrogens is 207 g/mol. The van der Waals surface area contributed by atoms with E-state index in [0.717, 1.165) is 4.71 Å². The second-order valence-electron chi connectivity index (χ2n) is 4.17. The molecule has 0 aromatic heterocycles. The van der Waals surface area contributed by atoms with E-state index in [4.69, 9.17) is 0 Å². The van der Waals surface area contributed by atoms with Gasteiger partial charge in [0.25, 0.3) is 0 Å². The van der Waals surface area contributed by atoms with Gasteiger partial charge in [0.2, 0.25) is 0 Å². The van der Waals surface area contributed by atoms with Gasteiger partial charge in [-0.1, -0.05) is 0 Å². The van der Waals surface area contributed by atoms with Crippen LogP contribution in [0.2, 0.25) is 4.71 Å². The van der Waals surface area contributed by atoms with Gasteiger partial charge in [0.1, 0.15) is 0 Å². The van der Waals surface area contributed by atoms with Gasteiger partial charge in [-0.25, -0.2) is 0 Å². The summed E-state index contributed by atoms with van der Waals surface area (Å²) in [6.45, 7) is 0. The maximum atomic E-state index is 1.99. The molecule has 0 nitrogen and oxygen atoms in total. The summed E-state index contributed by atoms with van der Waals surface area (Å²) in [5.41, 5.74) is 0. The van der Waals surface area contributed by atoms with Crippen molar-refractivity contribution < 1.29 is 0 Å². The molecule has 0 aliphatic heterocycles. The minimum atomic E-state index is 1.07. The van der Waals surface area contributed by atoms with Crippen molar-refractivity contribution in [2.75, 3.05) is 0 Å². The van der Waals surface area contributed by atoms with E-state index >= 15 is 0 Å². The first-order chi connectivity index (χ1) is 5.89. The Morgan fingerprint density at radius 3 is 1.33 bits per heavy atom. The van der Waals surface area contributed by atoms with Crippen LogP contribution >= 0.6 is 0 Å². The Morgan fingerprint density at radius 1 is 0.583 bits per heavy atom. The van der Waals surface area contributed by atoms with E-state index in [0.29, 0.717) is 0 Å². The fourth-order valence-electron chi connectivity index (χ4n) is 2.02. The van der Waals surface area contributed by atoms with E-state index in [1.807, 2.05) is 16.9 Å². The predicted octanol–water partition coefficient (Wildman–Crippen LogP) is 3.32. The van der Waals surface area contributed by atoms with E-state index in [9.17, 15) is 0 Å². The quantitative estimate of drug-likeness (QED) is 0.560. The van der Waals surface area contributed by atoms with Crippen LogP contribution in [-0.4, -0.2) is 16.9 Å². The van der Waals surface area contributed by atoms with E-state index in [2.05, 4.69) is 0 Å². The van der Waals surface area contributed by atoms with Crippen LogP contribution in [-0.2, 0) is 0 Å². The van der Waals surface area contributed by atoms with Crippen LogP contribution in [0.15, 0.2) is 0 Å². The van der Waals surface area contributed by atoms with Gasteiger partial charge < -0.3 is 0 Å². The molecule has 12 heavy (non-hydrogen) atoms. The summed E-state index contributed by atoms with van der Waals surface area (Å²) in [4.78, 5) is 0. The van der Waals surface area contributed by atoms with Crippen molar-refractivity contribution >= 4 is 16.9 Å². The summed E-state index contributed by atoms with van der Waals surface area (Å²) in [6, 6.07) is 0. The number of hydrogen-bond acceptors (Lipinski definition) is 0. The summed E-state index contributed by atoms with van der Waals surface area (Å²) >= 11 is 1.99. The summed E-state index contributed by atoms with van der Waals surface area (Å²) in [5, 5.41) is 0. The molecule has 1 rings (SSSR count). The summed E-state index contributed by atoms with van der Waals surface area (Å²) in [7, 11) is 0. The molecule has 1 aliphatic carbocycles. The van der Waals surface area contributed by atoms with Crippen molar-refractivity contribution in [3.63, 3.8) is 0 Å². The average Bonchev–Trinajstić information content (AvgIpc) is 2.11. The zero-order valence-electron chi connectivity index (χ0n) is 8.23. The Balaban J connectivity index is 2.13. The van der Waals surface area contributed by atoms with Crippen molar-refractivity contribution in [1.82, 2.24) is 0 Å². The van der Waals surface area contributed by atoms with Gasteiger partial charge in [0.15, 0.2) is 0 Å². The van der Waals surface area contributed by atoms with Crippen LogP contribution in [0.4, 0.5) is 0 Å². The Hall–Kier alpha value is 0.558. The first-order valence-corrected chi connectivity index (χ1v) is 7.05. The Kier molecular flexibility index (Phi) is 6.21. The van der Waals surface area contributed by atoms with Crippen LogP contribution in [0.5, 0.6) is 0 Å². The molecule has 0 spiro atoms. The summed E-state index contributed by atoms with van der Waals surface area (Å²) in [6.07, 6.45) is 15.0. The normalized spacial score (nSPS) is 24.8. The maximum absolute atomic E-state index is 1.99. The molecule has 0 radical (unpaired) electrons. The van der Waals surface area contributed by atoms with Crippen LogP contribution in [0, 0.1) is 0 Å². The van der Waals surface area contributed by atoms with E-state index in [-0.39, 0.29) is 0 Å². The fraction of sp³-hybridized carbons (Fsp3) is 1.00. The van der Waals surface area contributed by atoms with Gasteiger partial charge in [-0.2, -0.15) is 0 Å². The molecule has 1 aliphatic rings. The Bertz CT molecular complexity index is 89.2. The molecule has 1 fully saturated rings. The first-order valence-electron chi connectivity index (χ1n) is 5.65. The van der Waals surface area contributed by atoms with Gasteiger partial charge in [0.05, 0.1) is 0 Å². The third kappa shape index (κ3) is 5.25.